The Balaban J connectivity index is 1.41. The zero-order chi connectivity index (χ0) is 22.1. The van der Waals surface area contributed by atoms with Crippen LogP contribution >= 0.6 is 11.6 Å². The summed E-state index contributed by atoms with van der Waals surface area (Å²) in [6, 6.07) is 16.1. The fourth-order valence-electron chi connectivity index (χ4n) is 3.63. The lowest BCUT2D eigenvalue weighted by atomic mass is 10.1. The van der Waals surface area contributed by atoms with Crippen molar-refractivity contribution in [2.75, 3.05) is 40.3 Å². The molecule has 31 heavy (non-hydrogen) atoms. The molecule has 0 saturated carbocycles. The molecule has 7 heteroatoms. The first-order chi connectivity index (χ1) is 15.0. The molecule has 0 aliphatic carbocycles. The molecule has 3 rings (SSSR count). The number of piperidine rings is 1. The first-order valence-corrected chi connectivity index (χ1v) is 11.2. The maximum atomic E-state index is 9.64. The minimum Gasteiger partial charge on any atom is -0.492 e. The second kappa shape index (κ2) is 11.9. The number of nitrogens with one attached hydrogen (secondary N) is 1. The number of halogens is 1. The summed E-state index contributed by atoms with van der Waals surface area (Å²) in [5.41, 5.74) is 2.52. The third-order valence-corrected chi connectivity index (χ3v) is 5.74. The average molecular weight is 445 g/mol. The van der Waals surface area contributed by atoms with Gasteiger partial charge in [-0.2, -0.15) is 0 Å². The topological polar surface area (TPSA) is 60.3 Å². The second-order valence-electron chi connectivity index (χ2n) is 7.95. The van der Waals surface area contributed by atoms with Crippen molar-refractivity contribution in [2.24, 2.45) is 4.99 Å². The molecule has 0 aromatic heterocycles. The lowest BCUT2D eigenvalue weighted by molar-refractivity contribution is 0.0792. The zero-order valence-corrected chi connectivity index (χ0v) is 19.2. The number of ether oxygens (including phenoxy) is 1. The van der Waals surface area contributed by atoms with Gasteiger partial charge in [-0.3, -0.25) is 9.89 Å². The summed E-state index contributed by atoms with van der Waals surface area (Å²) < 4.78 is 5.77. The number of aliphatic hydroxyl groups excluding tert-OH is 1. The van der Waals surface area contributed by atoms with Gasteiger partial charge in [0, 0.05) is 45.3 Å². The maximum absolute atomic E-state index is 9.64. The van der Waals surface area contributed by atoms with Crippen LogP contribution in [0.3, 0.4) is 0 Å². The van der Waals surface area contributed by atoms with E-state index in [2.05, 4.69) is 39.5 Å². The van der Waals surface area contributed by atoms with E-state index >= 15 is 0 Å². The van der Waals surface area contributed by atoms with E-state index in [1.54, 1.807) is 7.05 Å². The molecule has 6 nitrogen and oxygen atoms in total. The van der Waals surface area contributed by atoms with Crippen molar-refractivity contribution in [1.29, 1.82) is 0 Å². The number of likely N-dealkylation sites (N-methyl/N-ethyl adjacent to an activating group) is 1. The molecule has 1 saturated heterocycles. The van der Waals surface area contributed by atoms with E-state index in [9.17, 15) is 5.11 Å². The molecule has 2 N–H and O–H groups in total. The third-order valence-electron chi connectivity index (χ3n) is 5.50. The highest BCUT2D eigenvalue weighted by molar-refractivity contribution is 6.30. The van der Waals surface area contributed by atoms with E-state index in [-0.39, 0.29) is 6.10 Å². The largest absolute Gasteiger partial charge is 0.492 e. The van der Waals surface area contributed by atoms with E-state index in [0.717, 1.165) is 44.2 Å². The van der Waals surface area contributed by atoms with Crippen LogP contribution in [0.2, 0.25) is 5.02 Å². The molecule has 0 bridgehead atoms. The standard InChI is InChI=1S/C24H33ClN4O2/c1-26-24(28(2)14-15-31-23-5-3-4-21(25)16-23)27-17-19-6-8-20(9-7-19)18-29-12-10-22(30)11-13-29/h3-9,16,22,30H,10-15,17-18H2,1-2H3,(H,26,27). The van der Waals surface area contributed by atoms with Gasteiger partial charge in [0.2, 0.25) is 0 Å². The van der Waals surface area contributed by atoms with Gasteiger partial charge in [0.05, 0.1) is 12.6 Å². The van der Waals surface area contributed by atoms with Crippen LogP contribution in [-0.4, -0.2) is 67.3 Å². The number of guanidine groups is 1. The predicted octanol–water partition coefficient (Wildman–Crippen LogP) is 3.38. The Bertz CT molecular complexity index is 836. The molecule has 168 valence electrons. The number of aliphatic imine (C=N–C) groups is 1. The fraction of sp³-hybridized carbons (Fsp3) is 0.458. The van der Waals surface area contributed by atoms with Gasteiger partial charge in [-0.1, -0.05) is 41.9 Å². The molecular weight excluding hydrogens is 412 g/mol. The van der Waals surface area contributed by atoms with Gasteiger partial charge in [0.1, 0.15) is 12.4 Å². The van der Waals surface area contributed by atoms with Gasteiger partial charge >= 0.3 is 0 Å². The van der Waals surface area contributed by atoms with Crippen molar-refractivity contribution in [3.63, 3.8) is 0 Å². The van der Waals surface area contributed by atoms with Gasteiger partial charge in [0.25, 0.3) is 0 Å². The number of benzene rings is 2. The SMILES string of the molecule is CN=C(NCc1ccc(CN2CCC(O)CC2)cc1)N(C)CCOc1cccc(Cl)c1. The summed E-state index contributed by atoms with van der Waals surface area (Å²) in [6.07, 6.45) is 1.62. The molecule has 0 unspecified atom stereocenters. The Morgan fingerprint density at radius 2 is 1.90 bits per heavy atom. The molecule has 0 spiro atoms. The number of hydrogen-bond donors (Lipinski definition) is 2. The van der Waals surface area contributed by atoms with Gasteiger partial charge < -0.3 is 20.1 Å². The quantitative estimate of drug-likeness (QED) is 0.482. The highest BCUT2D eigenvalue weighted by atomic mass is 35.5. The second-order valence-corrected chi connectivity index (χ2v) is 8.39. The van der Waals surface area contributed by atoms with Crippen LogP contribution in [0.15, 0.2) is 53.5 Å². The lowest BCUT2D eigenvalue weighted by Gasteiger charge is -2.29. The van der Waals surface area contributed by atoms with Crippen LogP contribution in [0.5, 0.6) is 5.75 Å². The third kappa shape index (κ3) is 7.73. The fourth-order valence-corrected chi connectivity index (χ4v) is 3.81. The molecule has 1 fully saturated rings. The minimum absolute atomic E-state index is 0.124. The van der Waals surface area contributed by atoms with E-state index in [4.69, 9.17) is 16.3 Å². The summed E-state index contributed by atoms with van der Waals surface area (Å²) in [4.78, 5) is 8.82. The molecule has 0 amide bonds. The number of rotatable bonds is 8. The highest BCUT2D eigenvalue weighted by Gasteiger charge is 2.16. The first kappa shape index (κ1) is 23.4. The summed E-state index contributed by atoms with van der Waals surface area (Å²) in [6.45, 7) is 4.83. The summed E-state index contributed by atoms with van der Waals surface area (Å²) in [7, 11) is 3.78. The molecular formula is C24H33ClN4O2. The summed E-state index contributed by atoms with van der Waals surface area (Å²) in [5.74, 6) is 1.59. The Morgan fingerprint density at radius 3 is 2.58 bits per heavy atom. The van der Waals surface area contributed by atoms with E-state index in [1.165, 1.54) is 11.1 Å². The normalized spacial score (nSPS) is 15.7. The maximum Gasteiger partial charge on any atom is 0.193 e. The number of hydrogen-bond acceptors (Lipinski definition) is 4. The minimum atomic E-state index is -0.124. The van der Waals surface area contributed by atoms with Crippen molar-refractivity contribution in [3.8, 4) is 5.75 Å². The molecule has 2 aromatic rings. The Hall–Kier alpha value is -2.28. The summed E-state index contributed by atoms with van der Waals surface area (Å²) >= 11 is 5.99. The van der Waals surface area contributed by atoms with Crippen molar-refractivity contribution >= 4 is 17.6 Å². The van der Waals surface area contributed by atoms with Crippen molar-refractivity contribution in [3.05, 3.63) is 64.7 Å². The van der Waals surface area contributed by atoms with E-state index in [1.807, 2.05) is 36.2 Å². The first-order valence-electron chi connectivity index (χ1n) is 10.8. The van der Waals surface area contributed by atoms with Gasteiger partial charge in [-0.05, 0) is 42.2 Å². The zero-order valence-electron chi connectivity index (χ0n) is 18.4. The van der Waals surface area contributed by atoms with Crippen LogP contribution in [0.4, 0.5) is 0 Å². The molecule has 2 aromatic carbocycles. The van der Waals surface area contributed by atoms with Crippen molar-refractivity contribution in [2.45, 2.75) is 32.0 Å². The van der Waals surface area contributed by atoms with Crippen LogP contribution in [0.25, 0.3) is 0 Å². The lowest BCUT2D eigenvalue weighted by Crippen LogP contribution is -2.40. The number of nitrogens with zero attached hydrogens (tertiary/aromatic N) is 3. The Labute approximate surface area is 190 Å². The van der Waals surface area contributed by atoms with Crippen molar-refractivity contribution in [1.82, 2.24) is 15.1 Å². The van der Waals surface area contributed by atoms with Gasteiger partial charge in [-0.25, -0.2) is 0 Å². The predicted molar refractivity (Wildman–Crippen MR) is 127 cm³/mol. The number of likely N-dealkylation sites (tertiary alicyclic amines) is 1. The molecule has 0 radical (unpaired) electrons. The smallest absolute Gasteiger partial charge is 0.193 e. The van der Waals surface area contributed by atoms with Crippen LogP contribution in [0.1, 0.15) is 24.0 Å². The summed E-state index contributed by atoms with van der Waals surface area (Å²) in [5, 5.41) is 13.7. The van der Waals surface area contributed by atoms with Gasteiger partial charge in [-0.15, -0.1) is 0 Å². The molecule has 0 atom stereocenters. The highest BCUT2D eigenvalue weighted by Crippen LogP contribution is 2.17. The van der Waals surface area contributed by atoms with Crippen LogP contribution < -0.4 is 10.1 Å². The monoisotopic (exact) mass is 444 g/mol. The Morgan fingerprint density at radius 1 is 1.19 bits per heavy atom. The average Bonchev–Trinajstić information content (AvgIpc) is 2.77. The van der Waals surface area contributed by atoms with Crippen LogP contribution in [-0.2, 0) is 13.1 Å². The van der Waals surface area contributed by atoms with Crippen LogP contribution in [0, 0.1) is 0 Å². The molecule has 1 heterocycles. The molecule has 1 aliphatic heterocycles. The van der Waals surface area contributed by atoms with E-state index < -0.39 is 0 Å². The van der Waals surface area contributed by atoms with E-state index in [0.29, 0.717) is 24.7 Å². The van der Waals surface area contributed by atoms with Crippen molar-refractivity contribution < 1.29 is 9.84 Å². The Kier molecular flexibility index (Phi) is 9.00. The molecule has 1 aliphatic rings. The van der Waals surface area contributed by atoms with Gasteiger partial charge in [0.15, 0.2) is 5.96 Å². The number of aliphatic hydroxyl groups is 1.